The summed E-state index contributed by atoms with van der Waals surface area (Å²) in [4.78, 5) is 12.2. The second-order valence-corrected chi connectivity index (χ2v) is 6.42. The standard InChI is InChI=1S/C14H15N3OS2/c1-4-8-19-14-17-16-13(20-14)15-12(18)11-7-5-6-9(2)10(11)3/h4-7H,1,8H2,2-3H3,(H,15,16,18). The second kappa shape index (κ2) is 6.67. The first-order chi connectivity index (χ1) is 9.61. The normalized spacial score (nSPS) is 10.3. The van der Waals surface area contributed by atoms with Crippen molar-refractivity contribution in [1.29, 1.82) is 0 Å². The molecule has 0 spiro atoms. The summed E-state index contributed by atoms with van der Waals surface area (Å²) in [6.45, 7) is 7.58. The fraction of sp³-hybridized carbons (Fsp3) is 0.214. The minimum atomic E-state index is -0.150. The van der Waals surface area contributed by atoms with Gasteiger partial charge in [0.25, 0.3) is 5.91 Å². The first-order valence-corrected chi connectivity index (χ1v) is 7.86. The number of carbonyl (C=O) groups is 1. The minimum Gasteiger partial charge on any atom is -0.296 e. The molecule has 104 valence electrons. The van der Waals surface area contributed by atoms with Crippen LogP contribution < -0.4 is 5.32 Å². The summed E-state index contributed by atoms with van der Waals surface area (Å²) < 4.78 is 0.821. The first kappa shape index (κ1) is 14.7. The van der Waals surface area contributed by atoms with Crippen molar-refractivity contribution in [2.45, 2.75) is 18.2 Å². The minimum absolute atomic E-state index is 0.150. The van der Waals surface area contributed by atoms with Crippen LogP contribution in [0.25, 0.3) is 0 Å². The van der Waals surface area contributed by atoms with Crippen LogP contribution in [0.1, 0.15) is 21.5 Å². The van der Waals surface area contributed by atoms with Gasteiger partial charge in [0.1, 0.15) is 0 Å². The van der Waals surface area contributed by atoms with Gasteiger partial charge in [-0.2, -0.15) is 0 Å². The molecule has 0 saturated heterocycles. The number of nitrogens with zero attached hydrogens (tertiary/aromatic N) is 2. The van der Waals surface area contributed by atoms with Crippen LogP contribution in [-0.4, -0.2) is 21.9 Å². The summed E-state index contributed by atoms with van der Waals surface area (Å²) in [6, 6.07) is 5.68. The summed E-state index contributed by atoms with van der Waals surface area (Å²) in [5.41, 5.74) is 2.74. The lowest BCUT2D eigenvalue weighted by Gasteiger charge is -2.07. The zero-order valence-corrected chi connectivity index (χ0v) is 13.0. The third kappa shape index (κ3) is 3.46. The number of nitrogens with one attached hydrogen (secondary N) is 1. The van der Waals surface area contributed by atoms with E-state index < -0.39 is 0 Å². The third-order valence-corrected chi connectivity index (χ3v) is 4.77. The number of hydrogen-bond acceptors (Lipinski definition) is 5. The topological polar surface area (TPSA) is 54.9 Å². The predicted molar refractivity (Wildman–Crippen MR) is 84.7 cm³/mol. The average molecular weight is 305 g/mol. The van der Waals surface area contributed by atoms with Gasteiger partial charge in [0, 0.05) is 11.3 Å². The van der Waals surface area contributed by atoms with E-state index in [9.17, 15) is 4.79 Å². The van der Waals surface area contributed by atoms with Crippen LogP contribution in [-0.2, 0) is 0 Å². The van der Waals surface area contributed by atoms with Crippen molar-refractivity contribution in [3.8, 4) is 0 Å². The number of rotatable bonds is 5. The van der Waals surface area contributed by atoms with Gasteiger partial charge < -0.3 is 0 Å². The molecule has 20 heavy (non-hydrogen) atoms. The van der Waals surface area contributed by atoms with Crippen molar-refractivity contribution >= 4 is 34.1 Å². The average Bonchev–Trinajstić information content (AvgIpc) is 2.87. The zero-order valence-electron chi connectivity index (χ0n) is 11.3. The quantitative estimate of drug-likeness (QED) is 0.520. The maximum atomic E-state index is 12.2. The Kier molecular flexibility index (Phi) is 4.92. The molecule has 6 heteroatoms. The van der Waals surface area contributed by atoms with Crippen molar-refractivity contribution in [3.63, 3.8) is 0 Å². The zero-order chi connectivity index (χ0) is 14.5. The molecule has 0 saturated carbocycles. The number of carbonyl (C=O) groups excluding carboxylic acids is 1. The van der Waals surface area contributed by atoms with Crippen LogP contribution in [0.5, 0.6) is 0 Å². The molecule has 2 aromatic rings. The van der Waals surface area contributed by atoms with E-state index in [2.05, 4.69) is 22.1 Å². The summed E-state index contributed by atoms with van der Waals surface area (Å²) in [5.74, 6) is 0.627. The molecule has 0 atom stereocenters. The van der Waals surface area contributed by atoms with Gasteiger partial charge in [0.2, 0.25) is 5.13 Å². The molecule has 0 unspecified atom stereocenters. The molecular formula is C14H15N3OS2. The maximum absolute atomic E-state index is 12.2. The lowest BCUT2D eigenvalue weighted by Crippen LogP contribution is -2.13. The van der Waals surface area contributed by atoms with Gasteiger partial charge in [-0.3, -0.25) is 10.1 Å². The van der Waals surface area contributed by atoms with Crippen LogP contribution in [0.2, 0.25) is 0 Å². The van der Waals surface area contributed by atoms with E-state index in [1.165, 1.54) is 11.3 Å². The number of aromatic nitrogens is 2. The molecule has 0 radical (unpaired) electrons. The Morgan fingerprint density at radius 2 is 2.25 bits per heavy atom. The maximum Gasteiger partial charge on any atom is 0.257 e. The van der Waals surface area contributed by atoms with Crippen LogP contribution in [0.4, 0.5) is 5.13 Å². The van der Waals surface area contributed by atoms with Crippen molar-refractivity contribution in [1.82, 2.24) is 10.2 Å². The Hall–Kier alpha value is -1.66. The van der Waals surface area contributed by atoms with Gasteiger partial charge in [-0.1, -0.05) is 41.3 Å². The highest BCUT2D eigenvalue weighted by atomic mass is 32.2. The van der Waals surface area contributed by atoms with Crippen LogP contribution in [0.3, 0.4) is 0 Å². The Morgan fingerprint density at radius 3 is 3.00 bits per heavy atom. The number of thioether (sulfide) groups is 1. The fourth-order valence-corrected chi connectivity index (χ4v) is 3.12. The highest BCUT2D eigenvalue weighted by Crippen LogP contribution is 2.26. The van der Waals surface area contributed by atoms with Gasteiger partial charge in [-0.05, 0) is 31.0 Å². The summed E-state index contributed by atoms with van der Waals surface area (Å²) >= 11 is 2.91. The number of benzene rings is 1. The Labute approximate surface area is 126 Å². The van der Waals surface area contributed by atoms with E-state index in [0.717, 1.165) is 21.2 Å². The SMILES string of the molecule is C=CCSc1nnc(NC(=O)c2cccc(C)c2C)s1. The molecule has 0 aliphatic heterocycles. The molecular weight excluding hydrogens is 290 g/mol. The highest BCUT2D eigenvalue weighted by molar-refractivity contribution is 8.01. The number of aryl methyl sites for hydroxylation is 1. The molecule has 1 N–H and O–H groups in total. The number of amides is 1. The van der Waals surface area contributed by atoms with E-state index in [1.807, 2.05) is 32.0 Å². The number of anilines is 1. The van der Waals surface area contributed by atoms with Crippen molar-refractivity contribution in [3.05, 3.63) is 47.5 Å². The first-order valence-electron chi connectivity index (χ1n) is 6.06. The monoisotopic (exact) mass is 305 g/mol. The third-order valence-electron chi connectivity index (χ3n) is 2.80. The molecule has 0 aliphatic rings. The molecule has 0 fully saturated rings. The molecule has 2 rings (SSSR count). The Bertz CT molecular complexity index is 637. The fourth-order valence-electron chi connectivity index (χ4n) is 1.61. The van der Waals surface area contributed by atoms with Gasteiger partial charge >= 0.3 is 0 Å². The van der Waals surface area contributed by atoms with Crippen molar-refractivity contribution < 1.29 is 4.79 Å². The van der Waals surface area contributed by atoms with Gasteiger partial charge in [0.05, 0.1) is 0 Å². The second-order valence-electron chi connectivity index (χ2n) is 4.17. The van der Waals surface area contributed by atoms with E-state index in [4.69, 9.17) is 0 Å². The molecule has 1 heterocycles. The van der Waals surface area contributed by atoms with Crippen LogP contribution in [0, 0.1) is 13.8 Å². The molecule has 0 bridgehead atoms. The number of hydrogen-bond donors (Lipinski definition) is 1. The molecule has 1 aromatic carbocycles. The van der Waals surface area contributed by atoms with Crippen LogP contribution >= 0.6 is 23.1 Å². The van der Waals surface area contributed by atoms with Crippen LogP contribution in [0.15, 0.2) is 35.2 Å². The van der Waals surface area contributed by atoms with E-state index in [-0.39, 0.29) is 5.91 Å². The smallest absolute Gasteiger partial charge is 0.257 e. The van der Waals surface area contributed by atoms with E-state index in [1.54, 1.807) is 17.8 Å². The summed E-state index contributed by atoms with van der Waals surface area (Å²) in [5, 5.41) is 11.3. The summed E-state index contributed by atoms with van der Waals surface area (Å²) in [6.07, 6.45) is 1.81. The largest absolute Gasteiger partial charge is 0.296 e. The predicted octanol–water partition coefficient (Wildman–Crippen LogP) is 3.69. The molecule has 0 aliphatic carbocycles. The Morgan fingerprint density at radius 1 is 1.45 bits per heavy atom. The molecule has 1 aromatic heterocycles. The molecule has 1 amide bonds. The highest BCUT2D eigenvalue weighted by Gasteiger charge is 2.13. The van der Waals surface area contributed by atoms with Gasteiger partial charge in [-0.25, -0.2) is 0 Å². The van der Waals surface area contributed by atoms with Crippen molar-refractivity contribution in [2.24, 2.45) is 0 Å². The van der Waals surface area contributed by atoms with E-state index in [0.29, 0.717) is 10.7 Å². The van der Waals surface area contributed by atoms with Crippen molar-refractivity contribution in [2.75, 3.05) is 11.1 Å². The lowest BCUT2D eigenvalue weighted by molar-refractivity contribution is 0.102. The Balaban J connectivity index is 2.09. The lowest BCUT2D eigenvalue weighted by atomic mass is 10.0. The summed E-state index contributed by atoms with van der Waals surface area (Å²) in [7, 11) is 0. The van der Waals surface area contributed by atoms with Gasteiger partial charge in [0.15, 0.2) is 4.34 Å². The molecule has 4 nitrogen and oxygen atoms in total. The van der Waals surface area contributed by atoms with Gasteiger partial charge in [-0.15, -0.1) is 16.8 Å². The van der Waals surface area contributed by atoms with E-state index >= 15 is 0 Å².